The molecule has 4 N–H and O–H groups in total. The van der Waals surface area contributed by atoms with Crippen molar-refractivity contribution in [2.24, 2.45) is 5.73 Å². The third-order valence-electron chi connectivity index (χ3n) is 2.59. The van der Waals surface area contributed by atoms with Gasteiger partial charge in [0.2, 0.25) is 10.0 Å². The largest absolute Gasteiger partial charge is 0.482 e. The molecule has 1 amide bonds. The molecule has 1 aromatic rings. The summed E-state index contributed by atoms with van der Waals surface area (Å²) >= 11 is 5.84. The second kappa shape index (κ2) is 10.7. The average molecular weight is 386 g/mol. The van der Waals surface area contributed by atoms with Crippen LogP contribution in [0, 0.1) is 0 Å². The Labute approximate surface area is 147 Å². The van der Waals surface area contributed by atoms with Crippen LogP contribution in [0.15, 0.2) is 23.1 Å². The average Bonchev–Trinajstić information content (AvgIpc) is 2.45. The van der Waals surface area contributed by atoms with E-state index in [1.54, 1.807) is 0 Å². The van der Waals surface area contributed by atoms with Gasteiger partial charge in [0.15, 0.2) is 6.61 Å². The van der Waals surface area contributed by atoms with Gasteiger partial charge in [-0.15, -0.1) is 12.4 Å². The first-order valence-electron chi connectivity index (χ1n) is 6.78. The molecule has 0 heterocycles. The van der Waals surface area contributed by atoms with Crippen molar-refractivity contribution in [3.63, 3.8) is 0 Å². The van der Waals surface area contributed by atoms with Gasteiger partial charge in [-0.3, -0.25) is 4.79 Å². The summed E-state index contributed by atoms with van der Waals surface area (Å²) in [4.78, 5) is 10.6. The number of hydrogen-bond donors (Lipinski definition) is 3. The maximum absolute atomic E-state index is 12.3. The fourth-order valence-electron chi connectivity index (χ4n) is 1.61. The van der Waals surface area contributed by atoms with Crippen molar-refractivity contribution in [2.45, 2.75) is 18.2 Å². The highest BCUT2D eigenvalue weighted by atomic mass is 35.5. The van der Waals surface area contributed by atoms with Crippen molar-refractivity contribution >= 4 is 39.9 Å². The molecule has 0 radical (unpaired) electrons. The summed E-state index contributed by atoms with van der Waals surface area (Å²) in [6.45, 7) is 3.15. The van der Waals surface area contributed by atoms with Crippen molar-refractivity contribution in [3.05, 3.63) is 23.2 Å². The molecule has 132 valence electrons. The van der Waals surface area contributed by atoms with Crippen LogP contribution in [0.25, 0.3) is 0 Å². The highest BCUT2D eigenvalue weighted by Crippen LogP contribution is 2.27. The zero-order chi connectivity index (χ0) is 16.6. The quantitative estimate of drug-likeness (QED) is 0.518. The van der Waals surface area contributed by atoms with Gasteiger partial charge in [0.05, 0.1) is 0 Å². The predicted molar refractivity (Wildman–Crippen MR) is 91.7 cm³/mol. The Balaban J connectivity index is 0.00000484. The molecule has 0 saturated carbocycles. The standard InChI is InChI=1S/C13H20ClN3O4S.ClH/c1-2-5-16-6-7-17-22(19,20)12-8-10(14)3-4-11(12)21-9-13(15)18;/h3-4,8,16-17H,2,5-7,9H2,1H3,(H2,15,18);1H. The van der Waals surface area contributed by atoms with Crippen LogP contribution >= 0.6 is 24.0 Å². The van der Waals surface area contributed by atoms with Gasteiger partial charge in [-0.05, 0) is 31.2 Å². The van der Waals surface area contributed by atoms with Crippen LogP contribution < -0.4 is 20.5 Å². The van der Waals surface area contributed by atoms with Crippen LogP contribution in [-0.2, 0) is 14.8 Å². The van der Waals surface area contributed by atoms with Crippen molar-refractivity contribution in [1.82, 2.24) is 10.0 Å². The van der Waals surface area contributed by atoms with Crippen molar-refractivity contribution in [1.29, 1.82) is 0 Å². The summed E-state index contributed by atoms with van der Waals surface area (Å²) < 4.78 is 32.1. The van der Waals surface area contributed by atoms with E-state index in [0.29, 0.717) is 6.54 Å². The molecule has 0 fully saturated rings. The number of ether oxygens (including phenoxy) is 1. The lowest BCUT2D eigenvalue weighted by Gasteiger charge is -2.12. The minimum Gasteiger partial charge on any atom is -0.482 e. The smallest absolute Gasteiger partial charge is 0.255 e. The van der Waals surface area contributed by atoms with Crippen molar-refractivity contribution < 1.29 is 17.9 Å². The van der Waals surface area contributed by atoms with Gasteiger partial charge in [0, 0.05) is 18.1 Å². The molecule has 1 aromatic carbocycles. The number of primary amides is 1. The van der Waals surface area contributed by atoms with Gasteiger partial charge in [0.1, 0.15) is 10.6 Å². The maximum Gasteiger partial charge on any atom is 0.255 e. The topological polar surface area (TPSA) is 111 Å². The number of carbonyl (C=O) groups is 1. The predicted octanol–water partition coefficient (Wildman–Crippen LogP) is 0.904. The van der Waals surface area contributed by atoms with Gasteiger partial charge in [0.25, 0.3) is 5.91 Å². The van der Waals surface area contributed by atoms with Crippen molar-refractivity contribution in [3.8, 4) is 5.75 Å². The van der Waals surface area contributed by atoms with Crippen molar-refractivity contribution in [2.75, 3.05) is 26.2 Å². The van der Waals surface area contributed by atoms with Crippen LogP contribution in [0.5, 0.6) is 5.75 Å². The molecular formula is C13H21Cl2N3O4S. The number of sulfonamides is 1. The molecule has 7 nitrogen and oxygen atoms in total. The van der Waals surface area contributed by atoms with Gasteiger partial charge in [-0.2, -0.15) is 0 Å². The van der Waals surface area contributed by atoms with E-state index in [1.165, 1.54) is 18.2 Å². The first kappa shape index (κ1) is 21.9. The highest BCUT2D eigenvalue weighted by Gasteiger charge is 2.20. The molecule has 0 aromatic heterocycles. The fourth-order valence-corrected chi connectivity index (χ4v) is 3.05. The summed E-state index contributed by atoms with van der Waals surface area (Å²) in [6, 6.07) is 4.12. The molecule has 0 aliphatic rings. The summed E-state index contributed by atoms with van der Waals surface area (Å²) in [6.07, 6.45) is 0.964. The first-order valence-corrected chi connectivity index (χ1v) is 8.64. The zero-order valence-corrected chi connectivity index (χ0v) is 15.1. The first-order chi connectivity index (χ1) is 10.4. The van der Waals surface area contributed by atoms with E-state index in [4.69, 9.17) is 22.1 Å². The van der Waals surface area contributed by atoms with E-state index in [1.807, 2.05) is 6.92 Å². The summed E-state index contributed by atoms with van der Waals surface area (Å²) in [7, 11) is -3.80. The molecule has 0 bridgehead atoms. The lowest BCUT2D eigenvalue weighted by atomic mass is 10.3. The van der Waals surface area contributed by atoms with E-state index < -0.39 is 22.5 Å². The van der Waals surface area contributed by atoms with E-state index in [2.05, 4.69) is 10.0 Å². The molecule has 1 rings (SSSR count). The number of nitrogens with one attached hydrogen (secondary N) is 2. The number of nitrogens with two attached hydrogens (primary N) is 1. The molecule has 0 aliphatic heterocycles. The Bertz CT molecular complexity index is 611. The Morgan fingerprint density at radius 3 is 2.61 bits per heavy atom. The van der Waals surface area contributed by atoms with Gasteiger partial charge < -0.3 is 15.8 Å². The number of halogens is 2. The number of amides is 1. The molecular weight excluding hydrogens is 365 g/mol. The number of hydrogen-bond acceptors (Lipinski definition) is 5. The molecule has 23 heavy (non-hydrogen) atoms. The highest BCUT2D eigenvalue weighted by molar-refractivity contribution is 7.89. The second-order valence-corrected chi connectivity index (χ2v) is 6.67. The van der Waals surface area contributed by atoms with E-state index in [-0.39, 0.29) is 34.6 Å². The lowest BCUT2D eigenvalue weighted by Crippen LogP contribution is -2.32. The Morgan fingerprint density at radius 1 is 1.30 bits per heavy atom. The minimum atomic E-state index is -3.80. The Hall–Kier alpha value is -1.06. The monoisotopic (exact) mass is 385 g/mol. The van der Waals surface area contributed by atoms with Gasteiger partial charge in [-0.1, -0.05) is 18.5 Å². The van der Waals surface area contributed by atoms with Gasteiger partial charge in [-0.25, -0.2) is 13.1 Å². The lowest BCUT2D eigenvalue weighted by molar-refractivity contribution is -0.120. The summed E-state index contributed by atoms with van der Waals surface area (Å²) in [5.41, 5.74) is 4.99. The third kappa shape index (κ3) is 7.85. The second-order valence-electron chi connectivity index (χ2n) is 4.49. The molecule has 0 unspecified atom stereocenters. The van der Waals surface area contributed by atoms with E-state index in [9.17, 15) is 13.2 Å². The normalized spacial score (nSPS) is 10.9. The zero-order valence-electron chi connectivity index (χ0n) is 12.7. The maximum atomic E-state index is 12.3. The number of benzene rings is 1. The van der Waals surface area contributed by atoms with E-state index >= 15 is 0 Å². The minimum absolute atomic E-state index is 0. The Morgan fingerprint density at radius 2 is 2.00 bits per heavy atom. The molecule has 0 saturated heterocycles. The summed E-state index contributed by atoms with van der Waals surface area (Å²) in [5, 5.41) is 3.33. The van der Waals surface area contributed by atoms with Gasteiger partial charge >= 0.3 is 0 Å². The molecule has 0 atom stereocenters. The molecule has 0 spiro atoms. The number of carbonyl (C=O) groups excluding carboxylic acids is 1. The van der Waals surface area contributed by atoms with Crippen LogP contribution in [0.3, 0.4) is 0 Å². The van der Waals surface area contributed by atoms with Crippen LogP contribution in [0.2, 0.25) is 5.02 Å². The van der Waals surface area contributed by atoms with E-state index in [0.717, 1.165) is 13.0 Å². The van der Waals surface area contributed by atoms with Crippen LogP contribution in [0.1, 0.15) is 13.3 Å². The Kier molecular flexibility index (Phi) is 10.2. The summed E-state index contributed by atoms with van der Waals surface area (Å²) in [5.74, 6) is -0.674. The van der Waals surface area contributed by atoms with Crippen LogP contribution in [0.4, 0.5) is 0 Å². The third-order valence-corrected chi connectivity index (χ3v) is 4.30. The number of rotatable bonds is 10. The molecule has 0 aliphatic carbocycles. The van der Waals surface area contributed by atoms with Crippen LogP contribution in [-0.4, -0.2) is 40.6 Å². The SMILES string of the molecule is CCCNCCNS(=O)(=O)c1cc(Cl)ccc1OCC(N)=O.Cl. The molecule has 10 heteroatoms. The fraction of sp³-hybridized carbons (Fsp3) is 0.462.